The summed E-state index contributed by atoms with van der Waals surface area (Å²) in [5.41, 5.74) is 0.280. The van der Waals surface area contributed by atoms with E-state index < -0.39 is 11.3 Å². The lowest BCUT2D eigenvalue weighted by molar-refractivity contribution is -0.383. The Labute approximate surface area is 127 Å². The van der Waals surface area contributed by atoms with Gasteiger partial charge in [-0.25, -0.2) is 0 Å². The van der Waals surface area contributed by atoms with Gasteiger partial charge in [0.05, 0.1) is 4.92 Å². The lowest BCUT2D eigenvalue weighted by atomic mass is 10.2. The zero-order valence-corrected chi connectivity index (χ0v) is 11.5. The first kappa shape index (κ1) is 15.9. The number of nitrogens with one attached hydrogen (secondary N) is 1. The van der Waals surface area contributed by atoms with E-state index in [1.165, 1.54) is 30.3 Å². The molecule has 9 heteroatoms. The molecule has 0 radical (unpaired) electrons. The summed E-state index contributed by atoms with van der Waals surface area (Å²) in [6, 6.07) is 8.83. The Morgan fingerprint density at radius 1 is 1.14 bits per heavy atom. The largest absolute Gasteiger partial charge is 0.573 e. The van der Waals surface area contributed by atoms with Crippen molar-refractivity contribution in [2.24, 2.45) is 0 Å². The summed E-state index contributed by atoms with van der Waals surface area (Å²) < 4.78 is 39.9. The number of halogens is 4. The number of anilines is 2. The molecule has 116 valence electrons. The smallest absolute Gasteiger partial charge is 0.406 e. The van der Waals surface area contributed by atoms with Gasteiger partial charge in [0.15, 0.2) is 0 Å². The van der Waals surface area contributed by atoms with Crippen molar-refractivity contribution in [1.29, 1.82) is 0 Å². The normalized spacial score (nSPS) is 11.1. The quantitative estimate of drug-likeness (QED) is 0.639. The number of benzene rings is 2. The molecule has 2 rings (SSSR count). The number of hydrogen-bond donors (Lipinski definition) is 1. The van der Waals surface area contributed by atoms with Gasteiger partial charge in [-0.2, -0.15) is 0 Å². The summed E-state index contributed by atoms with van der Waals surface area (Å²) in [6.07, 6.45) is -4.77. The van der Waals surface area contributed by atoms with Gasteiger partial charge in [0.2, 0.25) is 0 Å². The fourth-order valence-electron chi connectivity index (χ4n) is 1.66. The highest BCUT2D eigenvalue weighted by atomic mass is 35.5. The van der Waals surface area contributed by atoms with Gasteiger partial charge in [0, 0.05) is 16.8 Å². The summed E-state index contributed by atoms with van der Waals surface area (Å²) >= 11 is 5.69. The van der Waals surface area contributed by atoms with Crippen LogP contribution in [-0.2, 0) is 0 Å². The van der Waals surface area contributed by atoms with Gasteiger partial charge in [-0.05, 0) is 36.4 Å². The molecule has 0 saturated heterocycles. The van der Waals surface area contributed by atoms with Crippen LogP contribution >= 0.6 is 11.6 Å². The van der Waals surface area contributed by atoms with Gasteiger partial charge in [0.1, 0.15) is 11.4 Å². The van der Waals surface area contributed by atoms with E-state index in [9.17, 15) is 23.3 Å². The molecule has 0 saturated carbocycles. The van der Waals surface area contributed by atoms with Crippen LogP contribution < -0.4 is 10.1 Å². The molecular formula is C13H8ClF3N2O3. The van der Waals surface area contributed by atoms with Crippen LogP contribution in [-0.4, -0.2) is 11.3 Å². The Balaban J connectivity index is 2.20. The summed E-state index contributed by atoms with van der Waals surface area (Å²) in [5, 5.41) is 13.9. The zero-order valence-electron chi connectivity index (χ0n) is 10.7. The molecule has 0 aromatic heterocycles. The summed E-state index contributed by atoms with van der Waals surface area (Å²) in [5.74, 6) is -0.386. The number of alkyl halides is 3. The molecule has 22 heavy (non-hydrogen) atoms. The van der Waals surface area contributed by atoms with E-state index in [2.05, 4.69) is 10.1 Å². The molecule has 0 spiro atoms. The number of ether oxygens (including phenoxy) is 1. The third-order valence-electron chi connectivity index (χ3n) is 2.52. The highest BCUT2D eigenvalue weighted by Crippen LogP contribution is 2.31. The van der Waals surface area contributed by atoms with Crippen molar-refractivity contribution in [2.45, 2.75) is 6.36 Å². The summed E-state index contributed by atoms with van der Waals surface area (Å²) in [6.45, 7) is 0. The highest BCUT2D eigenvalue weighted by molar-refractivity contribution is 6.30. The van der Waals surface area contributed by atoms with Crippen LogP contribution in [0.15, 0.2) is 42.5 Å². The first-order valence-electron chi connectivity index (χ1n) is 5.81. The van der Waals surface area contributed by atoms with E-state index in [0.717, 1.165) is 12.1 Å². The second-order valence-corrected chi connectivity index (χ2v) is 4.55. The third kappa shape index (κ3) is 4.26. The molecule has 0 aliphatic rings. The third-order valence-corrected chi connectivity index (χ3v) is 2.76. The lowest BCUT2D eigenvalue weighted by Crippen LogP contribution is -2.16. The fraction of sp³-hybridized carbons (Fsp3) is 0.0769. The van der Waals surface area contributed by atoms with Crippen LogP contribution in [0, 0.1) is 10.1 Å². The number of hydrogen-bond acceptors (Lipinski definition) is 4. The van der Waals surface area contributed by atoms with Crippen LogP contribution in [0.4, 0.5) is 30.2 Å². The van der Waals surface area contributed by atoms with Crippen molar-refractivity contribution in [3.05, 3.63) is 57.6 Å². The maximum Gasteiger partial charge on any atom is 0.573 e. The van der Waals surface area contributed by atoms with Gasteiger partial charge < -0.3 is 10.1 Å². The van der Waals surface area contributed by atoms with E-state index in [-0.39, 0.29) is 22.1 Å². The zero-order chi connectivity index (χ0) is 16.3. The summed E-state index contributed by atoms with van der Waals surface area (Å²) in [4.78, 5) is 10.3. The standard InChI is InChI=1S/C13H8ClF3N2O3/c14-8-1-6-11(12(7-8)19(20)21)18-9-2-4-10(5-3-9)22-13(15,16)17/h1-7,18H. The molecular weight excluding hydrogens is 325 g/mol. The second kappa shape index (κ2) is 6.10. The lowest BCUT2D eigenvalue weighted by Gasteiger charge is -2.10. The molecule has 0 heterocycles. The number of nitrogens with zero attached hydrogens (tertiary/aromatic N) is 1. The molecule has 0 amide bonds. The minimum Gasteiger partial charge on any atom is -0.406 e. The average molecular weight is 333 g/mol. The van der Waals surface area contributed by atoms with Crippen LogP contribution in [0.5, 0.6) is 5.75 Å². The van der Waals surface area contributed by atoms with Crippen molar-refractivity contribution >= 4 is 28.7 Å². The molecule has 2 aromatic carbocycles. The maximum atomic E-state index is 12.0. The van der Waals surface area contributed by atoms with Crippen molar-refractivity contribution in [3.8, 4) is 5.75 Å². The van der Waals surface area contributed by atoms with Crippen molar-refractivity contribution in [3.63, 3.8) is 0 Å². The Bertz CT molecular complexity index is 690. The van der Waals surface area contributed by atoms with E-state index in [1.54, 1.807) is 0 Å². The Hall–Kier alpha value is -2.48. The minimum absolute atomic E-state index is 0.166. The maximum absolute atomic E-state index is 12.0. The van der Waals surface area contributed by atoms with E-state index in [1.807, 2.05) is 0 Å². The van der Waals surface area contributed by atoms with Crippen molar-refractivity contribution in [1.82, 2.24) is 0 Å². The molecule has 0 fully saturated rings. The average Bonchev–Trinajstić information content (AvgIpc) is 2.41. The van der Waals surface area contributed by atoms with Gasteiger partial charge in [-0.3, -0.25) is 10.1 Å². The van der Waals surface area contributed by atoms with Gasteiger partial charge in [-0.1, -0.05) is 11.6 Å². The molecule has 0 unspecified atom stereocenters. The van der Waals surface area contributed by atoms with Crippen LogP contribution in [0.2, 0.25) is 5.02 Å². The topological polar surface area (TPSA) is 64.4 Å². The molecule has 0 atom stereocenters. The highest BCUT2D eigenvalue weighted by Gasteiger charge is 2.30. The minimum atomic E-state index is -4.77. The predicted octanol–water partition coefficient (Wildman–Crippen LogP) is 4.89. The first-order chi connectivity index (χ1) is 10.2. The van der Waals surface area contributed by atoms with Gasteiger partial charge in [-0.15, -0.1) is 13.2 Å². The first-order valence-corrected chi connectivity index (χ1v) is 6.19. The Morgan fingerprint density at radius 3 is 2.32 bits per heavy atom. The molecule has 0 aliphatic carbocycles. The number of nitro groups is 1. The van der Waals surface area contributed by atoms with E-state index in [4.69, 9.17) is 11.6 Å². The molecule has 2 aromatic rings. The van der Waals surface area contributed by atoms with E-state index in [0.29, 0.717) is 5.69 Å². The Kier molecular flexibility index (Phi) is 4.41. The summed E-state index contributed by atoms with van der Waals surface area (Å²) in [7, 11) is 0. The number of nitro benzene ring substituents is 1. The van der Waals surface area contributed by atoms with Gasteiger partial charge in [0.25, 0.3) is 5.69 Å². The molecule has 5 nitrogen and oxygen atoms in total. The molecule has 1 N–H and O–H groups in total. The van der Waals surface area contributed by atoms with Crippen LogP contribution in [0.3, 0.4) is 0 Å². The molecule has 0 bridgehead atoms. The monoisotopic (exact) mass is 332 g/mol. The van der Waals surface area contributed by atoms with Crippen LogP contribution in [0.25, 0.3) is 0 Å². The molecule has 0 aliphatic heterocycles. The predicted molar refractivity (Wildman–Crippen MR) is 74.5 cm³/mol. The Morgan fingerprint density at radius 2 is 1.77 bits per heavy atom. The fourth-order valence-corrected chi connectivity index (χ4v) is 1.82. The van der Waals surface area contributed by atoms with Crippen molar-refractivity contribution in [2.75, 3.05) is 5.32 Å². The number of rotatable bonds is 4. The SMILES string of the molecule is O=[N+]([O-])c1cc(Cl)ccc1Nc1ccc(OC(F)(F)F)cc1. The van der Waals surface area contributed by atoms with Crippen LogP contribution in [0.1, 0.15) is 0 Å². The van der Waals surface area contributed by atoms with Gasteiger partial charge >= 0.3 is 6.36 Å². The second-order valence-electron chi connectivity index (χ2n) is 4.12. The van der Waals surface area contributed by atoms with Crippen molar-refractivity contribution < 1.29 is 22.8 Å². The van der Waals surface area contributed by atoms with E-state index >= 15 is 0 Å².